The summed E-state index contributed by atoms with van der Waals surface area (Å²) in [4.78, 5) is 10.6. The predicted octanol–water partition coefficient (Wildman–Crippen LogP) is 0.339. The lowest BCUT2D eigenvalue weighted by Gasteiger charge is -2.23. The van der Waals surface area contributed by atoms with Crippen molar-refractivity contribution in [2.75, 3.05) is 0 Å². The smallest absolute Gasteiger partial charge is 0.320 e. The second-order valence-electron chi connectivity index (χ2n) is 3.73. The summed E-state index contributed by atoms with van der Waals surface area (Å²) in [5.41, 5.74) is 5.49. The molecule has 1 fully saturated rings. The van der Waals surface area contributed by atoms with Crippen LogP contribution in [0.1, 0.15) is 32.1 Å². The molecule has 76 valence electrons. The molecule has 0 spiro atoms. The lowest BCUT2D eigenvalue weighted by atomic mass is 9.90. The molecule has 4 N–H and O–H groups in total. The molecular weight excluding hydrogens is 170 g/mol. The van der Waals surface area contributed by atoms with Gasteiger partial charge < -0.3 is 15.9 Å². The third-order valence-electron chi connectivity index (χ3n) is 2.78. The monoisotopic (exact) mass is 187 g/mol. The Morgan fingerprint density at radius 2 is 1.92 bits per heavy atom. The molecule has 3 atom stereocenters. The summed E-state index contributed by atoms with van der Waals surface area (Å²) in [6.07, 6.45) is 3.90. The fourth-order valence-corrected chi connectivity index (χ4v) is 1.92. The van der Waals surface area contributed by atoms with Crippen LogP contribution in [0, 0.1) is 5.92 Å². The number of carboxylic acids is 1. The second-order valence-corrected chi connectivity index (χ2v) is 3.73. The number of aliphatic hydroxyl groups excluding tert-OH is 1. The fourth-order valence-electron chi connectivity index (χ4n) is 1.92. The van der Waals surface area contributed by atoms with Gasteiger partial charge in [-0.15, -0.1) is 0 Å². The van der Waals surface area contributed by atoms with E-state index in [2.05, 4.69) is 0 Å². The fraction of sp³-hybridized carbons (Fsp3) is 0.889. The Balaban J connectivity index is 2.58. The number of carboxylic acid groups (broad SMARTS) is 1. The molecule has 13 heavy (non-hydrogen) atoms. The number of carbonyl (C=O) groups is 1. The van der Waals surface area contributed by atoms with Gasteiger partial charge in [0, 0.05) is 5.92 Å². The van der Waals surface area contributed by atoms with Gasteiger partial charge in [-0.3, -0.25) is 4.79 Å². The minimum atomic E-state index is -1.01. The highest BCUT2D eigenvalue weighted by atomic mass is 16.4. The molecule has 0 radical (unpaired) electrons. The van der Waals surface area contributed by atoms with Gasteiger partial charge in [0.15, 0.2) is 0 Å². The Kier molecular flexibility index (Phi) is 3.69. The quantitative estimate of drug-likeness (QED) is 0.544. The van der Waals surface area contributed by atoms with Crippen molar-refractivity contribution >= 4 is 5.97 Å². The first kappa shape index (κ1) is 10.5. The van der Waals surface area contributed by atoms with Gasteiger partial charge >= 0.3 is 5.97 Å². The Hall–Kier alpha value is -0.610. The van der Waals surface area contributed by atoms with Crippen molar-refractivity contribution in [3.63, 3.8) is 0 Å². The molecule has 0 bridgehead atoms. The maximum atomic E-state index is 10.6. The average Bonchev–Trinajstić information content (AvgIpc) is 2.28. The van der Waals surface area contributed by atoms with Gasteiger partial charge in [-0.1, -0.05) is 19.3 Å². The minimum absolute atomic E-state index is 0.264. The van der Waals surface area contributed by atoms with Crippen LogP contribution in [0.4, 0.5) is 0 Å². The first-order valence-corrected chi connectivity index (χ1v) is 4.79. The number of aliphatic hydroxyl groups is 1. The van der Waals surface area contributed by atoms with Gasteiger partial charge in [-0.2, -0.15) is 0 Å². The number of hydrogen-bond acceptors (Lipinski definition) is 3. The lowest BCUT2D eigenvalue weighted by molar-refractivity contribution is -0.141. The van der Waals surface area contributed by atoms with E-state index in [1.54, 1.807) is 0 Å². The maximum Gasteiger partial charge on any atom is 0.320 e. The molecule has 1 saturated carbocycles. The Morgan fingerprint density at radius 3 is 2.54 bits per heavy atom. The summed E-state index contributed by atoms with van der Waals surface area (Å²) in [5.74, 6) is -1.27. The molecular formula is C9H17NO3. The van der Waals surface area contributed by atoms with E-state index >= 15 is 0 Å². The van der Waals surface area contributed by atoms with E-state index in [1.807, 2.05) is 0 Å². The van der Waals surface area contributed by atoms with E-state index in [9.17, 15) is 9.90 Å². The van der Waals surface area contributed by atoms with Gasteiger partial charge in [0.25, 0.3) is 0 Å². The first-order chi connectivity index (χ1) is 6.13. The van der Waals surface area contributed by atoms with Crippen molar-refractivity contribution in [1.29, 1.82) is 0 Å². The van der Waals surface area contributed by atoms with Crippen LogP contribution < -0.4 is 5.73 Å². The van der Waals surface area contributed by atoms with Crippen molar-refractivity contribution in [3.05, 3.63) is 0 Å². The van der Waals surface area contributed by atoms with E-state index < -0.39 is 18.1 Å². The predicted molar refractivity (Wildman–Crippen MR) is 48.2 cm³/mol. The summed E-state index contributed by atoms with van der Waals surface area (Å²) >= 11 is 0. The number of nitrogens with two attached hydrogens (primary N) is 1. The number of hydrogen-bond donors (Lipinski definition) is 3. The summed E-state index contributed by atoms with van der Waals surface area (Å²) < 4.78 is 0. The minimum Gasteiger partial charge on any atom is -0.480 e. The van der Waals surface area contributed by atoms with Crippen molar-refractivity contribution in [2.45, 2.75) is 44.2 Å². The molecule has 0 amide bonds. The van der Waals surface area contributed by atoms with Crippen LogP contribution in [-0.2, 0) is 4.79 Å². The van der Waals surface area contributed by atoms with E-state index in [1.165, 1.54) is 0 Å². The summed E-state index contributed by atoms with van der Waals surface area (Å²) in [7, 11) is 0. The zero-order chi connectivity index (χ0) is 9.84. The normalized spacial score (nSPS) is 32.2. The second kappa shape index (κ2) is 4.58. The third kappa shape index (κ3) is 2.67. The van der Waals surface area contributed by atoms with E-state index in [0.29, 0.717) is 6.42 Å². The molecule has 0 aromatic heterocycles. The molecule has 0 unspecified atom stereocenters. The summed E-state index contributed by atoms with van der Waals surface area (Å²) in [5, 5.41) is 18.3. The van der Waals surface area contributed by atoms with Crippen LogP contribution in [-0.4, -0.2) is 28.3 Å². The molecule has 4 heteroatoms. The highest BCUT2D eigenvalue weighted by Gasteiger charge is 2.31. The lowest BCUT2D eigenvalue weighted by Crippen LogP contribution is -2.43. The summed E-state index contributed by atoms with van der Waals surface area (Å²) in [6, 6.07) is -0.909. The Bertz CT molecular complexity index is 184. The zero-order valence-electron chi connectivity index (χ0n) is 7.65. The first-order valence-electron chi connectivity index (χ1n) is 4.79. The Morgan fingerprint density at radius 1 is 1.31 bits per heavy atom. The molecule has 1 rings (SSSR count). The third-order valence-corrected chi connectivity index (χ3v) is 2.78. The molecule has 1 aliphatic rings. The SMILES string of the molecule is N[C@@H](C(=O)O)[C@@H]1CCCCC[C@@H]1O. The van der Waals surface area contributed by atoms with Crippen LogP contribution in [0.15, 0.2) is 0 Å². The zero-order valence-corrected chi connectivity index (χ0v) is 7.65. The Labute approximate surface area is 77.7 Å². The van der Waals surface area contributed by atoms with Gasteiger partial charge in [0.2, 0.25) is 0 Å². The summed E-state index contributed by atoms with van der Waals surface area (Å²) in [6.45, 7) is 0. The standard InChI is InChI=1S/C9H17NO3/c10-8(9(12)13)6-4-2-1-3-5-7(6)11/h6-8,11H,1-5,10H2,(H,12,13)/t6-,7+,8-/m1/s1. The van der Waals surface area contributed by atoms with E-state index in [0.717, 1.165) is 25.7 Å². The molecule has 0 aliphatic heterocycles. The molecule has 0 saturated heterocycles. The van der Waals surface area contributed by atoms with Crippen molar-refractivity contribution in [1.82, 2.24) is 0 Å². The average molecular weight is 187 g/mol. The number of rotatable bonds is 2. The number of aliphatic carboxylic acids is 1. The van der Waals surface area contributed by atoms with Crippen molar-refractivity contribution in [2.24, 2.45) is 11.7 Å². The molecule has 0 aromatic rings. The maximum absolute atomic E-state index is 10.6. The van der Waals surface area contributed by atoms with Crippen LogP contribution in [0.25, 0.3) is 0 Å². The van der Waals surface area contributed by atoms with Gasteiger partial charge in [0.05, 0.1) is 6.10 Å². The highest BCUT2D eigenvalue weighted by Crippen LogP contribution is 2.25. The van der Waals surface area contributed by atoms with Gasteiger partial charge in [-0.25, -0.2) is 0 Å². The molecule has 1 aliphatic carbocycles. The topological polar surface area (TPSA) is 83.6 Å². The van der Waals surface area contributed by atoms with Crippen LogP contribution in [0.3, 0.4) is 0 Å². The van der Waals surface area contributed by atoms with E-state index in [4.69, 9.17) is 10.8 Å². The van der Waals surface area contributed by atoms with Crippen LogP contribution >= 0.6 is 0 Å². The van der Waals surface area contributed by atoms with Crippen LogP contribution in [0.2, 0.25) is 0 Å². The highest BCUT2D eigenvalue weighted by molar-refractivity contribution is 5.73. The molecule has 0 aromatic carbocycles. The molecule has 4 nitrogen and oxygen atoms in total. The van der Waals surface area contributed by atoms with Crippen molar-refractivity contribution < 1.29 is 15.0 Å². The largest absolute Gasteiger partial charge is 0.480 e. The van der Waals surface area contributed by atoms with E-state index in [-0.39, 0.29) is 5.92 Å². The van der Waals surface area contributed by atoms with Crippen molar-refractivity contribution in [3.8, 4) is 0 Å². The van der Waals surface area contributed by atoms with Gasteiger partial charge in [0.1, 0.15) is 6.04 Å². The van der Waals surface area contributed by atoms with Crippen LogP contribution in [0.5, 0.6) is 0 Å². The van der Waals surface area contributed by atoms with Gasteiger partial charge in [-0.05, 0) is 12.8 Å². The molecule has 0 heterocycles.